The quantitative estimate of drug-likeness (QED) is 0.704. The lowest BCUT2D eigenvalue weighted by Gasteiger charge is -2.63. The van der Waals surface area contributed by atoms with Gasteiger partial charge in [0.2, 0.25) is 0 Å². The van der Waals surface area contributed by atoms with Crippen molar-refractivity contribution >= 4 is 17.5 Å². The first-order valence-electron chi connectivity index (χ1n) is 11.0. The molecule has 4 heteroatoms. The van der Waals surface area contributed by atoms with Gasteiger partial charge in [-0.2, -0.15) is 11.8 Å². The van der Waals surface area contributed by atoms with Gasteiger partial charge >= 0.3 is 0 Å². The zero-order chi connectivity index (χ0) is 18.4. The number of thioether (sulfide) groups is 1. The van der Waals surface area contributed by atoms with Gasteiger partial charge in [-0.1, -0.05) is 19.8 Å². The van der Waals surface area contributed by atoms with Gasteiger partial charge in [0.05, 0.1) is 5.60 Å². The third kappa shape index (κ3) is 2.73. The third-order valence-corrected chi connectivity index (χ3v) is 10.3. The molecule has 0 aromatic heterocycles. The third-order valence-electron chi connectivity index (χ3n) is 9.04. The standard InChI is InChI=1S/C22H37NO2S/c1-20-9-2-3-10-22(20,25)12-7-16-17(20)8-11-21(15-26-14-4-13-23)18(16)5-6-19(21)24/h16-18,25H,2-15,23H2,1H3/t16-,17+,18+,20-,21-,22+/m1/s1. The molecule has 0 aromatic rings. The second-order valence-electron chi connectivity index (χ2n) is 9.92. The normalized spacial score (nSPS) is 48.0. The van der Waals surface area contributed by atoms with Crippen LogP contribution >= 0.6 is 11.8 Å². The molecule has 4 aliphatic rings. The number of Topliss-reactive ketones (excluding diaryl/α,β-unsaturated/α-hetero) is 1. The minimum Gasteiger partial charge on any atom is -0.389 e. The highest BCUT2D eigenvalue weighted by molar-refractivity contribution is 7.99. The monoisotopic (exact) mass is 379 g/mol. The van der Waals surface area contributed by atoms with E-state index in [0.29, 0.717) is 23.5 Å². The van der Waals surface area contributed by atoms with Gasteiger partial charge in [0.15, 0.2) is 0 Å². The van der Waals surface area contributed by atoms with Gasteiger partial charge in [0, 0.05) is 17.6 Å². The molecule has 0 unspecified atom stereocenters. The Morgan fingerprint density at radius 2 is 1.92 bits per heavy atom. The van der Waals surface area contributed by atoms with Crippen LogP contribution in [0, 0.1) is 28.6 Å². The molecular formula is C22H37NO2S. The van der Waals surface area contributed by atoms with Crippen molar-refractivity contribution < 1.29 is 9.90 Å². The Kier molecular flexibility index (Phi) is 5.24. The van der Waals surface area contributed by atoms with Gasteiger partial charge in [0.1, 0.15) is 5.78 Å². The van der Waals surface area contributed by atoms with E-state index < -0.39 is 5.60 Å². The summed E-state index contributed by atoms with van der Waals surface area (Å²) in [7, 11) is 0. The Morgan fingerprint density at radius 1 is 1.12 bits per heavy atom. The van der Waals surface area contributed by atoms with Crippen LogP contribution in [0.3, 0.4) is 0 Å². The van der Waals surface area contributed by atoms with E-state index in [-0.39, 0.29) is 10.8 Å². The summed E-state index contributed by atoms with van der Waals surface area (Å²) in [6.45, 7) is 3.14. The van der Waals surface area contributed by atoms with E-state index in [2.05, 4.69) is 6.92 Å². The van der Waals surface area contributed by atoms with Crippen molar-refractivity contribution in [3.05, 3.63) is 0 Å². The molecule has 0 aliphatic heterocycles. The highest BCUT2D eigenvalue weighted by Gasteiger charge is 2.64. The molecule has 26 heavy (non-hydrogen) atoms. The van der Waals surface area contributed by atoms with Crippen LogP contribution in [0.4, 0.5) is 0 Å². The van der Waals surface area contributed by atoms with Crippen molar-refractivity contribution in [1.29, 1.82) is 0 Å². The molecular weight excluding hydrogens is 342 g/mol. The number of hydrogen-bond donors (Lipinski definition) is 2. The fraction of sp³-hybridized carbons (Fsp3) is 0.955. The van der Waals surface area contributed by atoms with Crippen molar-refractivity contribution in [2.45, 2.75) is 83.2 Å². The molecule has 0 radical (unpaired) electrons. The van der Waals surface area contributed by atoms with Crippen LogP contribution in [0.2, 0.25) is 0 Å². The Morgan fingerprint density at radius 3 is 2.73 bits per heavy atom. The van der Waals surface area contributed by atoms with E-state index in [1.807, 2.05) is 11.8 Å². The van der Waals surface area contributed by atoms with E-state index in [4.69, 9.17) is 5.73 Å². The summed E-state index contributed by atoms with van der Waals surface area (Å²) in [5, 5.41) is 11.5. The summed E-state index contributed by atoms with van der Waals surface area (Å²) in [4.78, 5) is 13.0. The first-order chi connectivity index (χ1) is 12.5. The average Bonchev–Trinajstić information content (AvgIpc) is 2.96. The van der Waals surface area contributed by atoms with E-state index in [0.717, 1.165) is 69.4 Å². The average molecular weight is 380 g/mol. The molecule has 6 atom stereocenters. The highest BCUT2D eigenvalue weighted by atomic mass is 32.2. The molecule has 148 valence electrons. The summed E-state index contributed by atoms with van der Waals surface area (Å²) in [6, 6.07) is 0. The Bertz CT molecular complexity index is 554. The minimum absolute atomic E-state index is 0.0546. The summed E-state index contributed by atoms with van der Waals surface area (Å²) < 4.78 is 0. The highest BCUT2D eigenvalue weighted by Crippen LogP contribution is 2.67. The van der Waals surface area contributed by atoms with Gasteiger partial charge in [-0.05, 0) is 86.8 Å². The summed E-state index contributed by atoms with van der Waals surface area (Å²) >= 11 is 1.97. The van der Waals surface area contributed by atoms with Crippen molar-refractivity contribution in [2.24, 2.45) is 34.3 Å². The Labute approximate surface area is 163 Å². The predicted molar refractivity (Wildman–Crippen MR) is 108 cm³/mol. The molecule has 4 fully saturated rings. The Hall–Kier alpha value is -0.0600. The molecule has 0 heterocycles. The van der Waals surface area contributed by atoms with E-state index >= 15 is 0 Å². The van der Waals surface area contributed by atoms with Crippen LogP contribution in [0.5, 0.6) is 0 Å². The van der Waals surface area contributed by atoms with Crippen molar-refractivity contribution in [3.63, 3.8) is 0 Å². The molecule has 0 amide bonds. The number of rotatable bonds is 5. The van der Waals surface area contributed by atoms with Crippen molar-refractivity contribution in [1.82, 2.24) is 0 Å². The smallest absolute Gasteiger partial charge is 0.140 e. The second kappa shape index (κ2) is 7.08. The zero-order valence-corrected chi connectivity index (χ0v) is 17.3. The number of carbonyl (C=O) groups excluding carboxylic acids is 1. The van der Waals surface area contributed by atoms with Gasteiger partial charge < -0.3 is 10.8 Å². The minimum atomic E-state index is -0.440. The summed E-state index contributed by atoms with van der Waals surface area (Å²) in [5.74, 6) is 4.51. The number of hydrogen-bond acceptors (Lipinski definition) is 4. The lowest BCUT2D eigenvalue weighted by atomic mass is 9.44. The number of nitrogens with two attached hydrogens (primary N) is 1. The maximum absolute atomic E-state index is 13.0. The van der Waals surface area contributed by atoms with E-state index in [1.54, 1.807) is 0 Å². The van der Waals surface area contributed by atoms with Gasteiger partial charge in [-0.3, -0.25) is 4.79 Å². The number of aliphatic hydroxyl groups is 1. The molecule has 3 nitrogen and oxygen atoms in total. The second-order valence-corrected chi connectivity index (χ2v) is 11.0. The molecule has 4 rings (SSSR count). The first-order valence-corrected chi connectivity index (χ1v) is 12.2. The van der Waals surface area contributed by atoms with Crippen molar-refractivity contribution in [2.75, 3.05) is 18.1 Å². The lowest BCUT2D eigenvalue weighted by molar-refractivity contribution is -0.201. The van der Waals surface area contributed by atoms with Gasteiger partial charge in [0.25, 0.3) is 0 Å². The number of fused-ring (bicyclic) bond motifs is 5. The van der Waals surface area contributed by atoms with E-state index in [1.165, 1.54) is 19.3 Å². The van der Waals surface area contributed by atoms with Crippen molar-refractivity contribution in [3.8, 4) is 0 Å². The lowest BCUT2D eigenvalue weighted by Crippen LogP contribution is -2.61. The number of ketones is 1. The van der Waals surface area contributed by atoms with Crippen LogP contribution in [0.1, 0.15) is 77.6 Å². The molecule has 0 saturated heterocycles. The van der Waals surface area contributed by atoms with Crippen LogP contribution in [-0.4, -0.2) is 34.5 Å². The molecule has 3 N–H and O–H groups in total. The molecule has 4 saturated carbocycles. The van der Waals surface area contributed by atoms with E-state index in [9.17, 15) is 9.90 Å². The summed E-state index contributed by atoms with van der Waals surface area (Å²) in [5.41, 5.74) is 5.24. The predicted octanol–water partition coefficient (Wildman–Crippen LogP) is 4.17. The fourth-order valence-electron chi connectivity index (χ4n) is 7.54. The zero-order valence-electron chi connectivity index (χ0n) is 16.5. The van der Waals surface area contributed by atoms with Crippen LogP contribution in [0.15, 0.2) is 0 Å². The van der Waals surface area contributed by atoms with Gasteiger partial charge in [-0.25, -0.2) is 0 Å². The van der Waals surface area contributed by atoms with Crippen LogP contribution < -0.4 is 5.73 Å². The Balaban J connectivity index is 1.57. The van der Waals surface area contributed by atoms with Crippen LogP contribution in [-0.2, 0) is 4.79 Å². The van der Waals surface area contributed by atoms with Gasteiger partial charge in [-0.15, -0.1) is 0 Å². The SMILES string of the molecule is C[C@]12CCCC[C@]1(O)CC[C@H]1[C@@H]3CCC(=O)[C@@]3(CSCCCN)CC[C@@H]12. The molecule has 0 bridgehead atoms. The first kappa shape index (κ1) is 19.3. The fourth-order valence-corrected chi connectivity index (χ4v) is 8.94. The summed E-state index contributed by atoms with van der Waals surface area (Å²) in [6.07, 6.45) is 11.9. The topological polar surface area (TPSA) is 63.3 Å². The van der Waals surface area contributed by atoms with Crippen LogP contribution in [0.25, 0.3) is 0 Å². The number of carbonyl (C=O) groups is 1. The maximum Gasteiger partial charge on any atom is 0.140 e. The molecule has 4 aliphatic carbocycles. The molecule has 0 aromatic carbocycles. The maximum atomic E-state index is 13.0. The molecule has 0 spiro atoms. The largest absolute Gasteiger partial charge is 0.389 e.